The van der Waals surface area contributed by atoms with Crippen molar-refractivity contribution in [1.29, 1.82) is 0 Å². The summed E-state index contributed by atoms with van der Waals surface area (Å²) in [6, 6.07) is 11.6. The van der Waals surface area contributed by atoms with Gasteiger partial charge >= 0.3 is 0 Å². The van der Waals surface area contributed by atoms with E-state index in [-0.39, 0.29) is 12.0 Å². The van der Waals surface area contributed by atoms with Crippen LogP contribution in [0.4, 0.5) is 5.69 Å². The van der Waals surface area contributed by atoms with Crippen molar-refractivity contribution in [2.45, 2.75) is 12.5 Å². The van der Waals surface area contributed by atoms with Gasteiger partial charge in [-0.3, -0.25) is 4.79 Å². The number of nitrogens with zero attached hydrogens (tertiary/aromatic N) is 3. The van der Waals surface area contributed by atoms with Gasteiger partial charge in [-0.25, -0.2) is 4.98 Å². The quantitative estimate of drug-likeness (QED) is 0.771. The predicted molar refractivity (Wildman–Crippen MR) is 112 cm³/mol. The van der Waals surface area contributed by atoms with Gasteiger partial charge in [0, 0.05) is 44.2 Å². The first-order valence-corrected chi connectivity index (χ1v) is 10.8. The van der Waals surface area contributed by atoms with E-state index in [1.165, 1.54) is 0 Å². The summed E-state index contributed by atoms with van der Waals surface area (Å²) in [6.07, 6.45) is 2.93. The average Bonchev–Trinajstić information content (AvgIpc) is 3.27. The third kappa shape index (κ3) is 4.19. The third-order valence-electron chi connectivity index (χ3n) is 5.15. The lowest BCUT2D eigenvalue weighted by Crippen LogP contribution is -2.48. The molecule has 1 amide bonds. The Morgan fingerprint density at radius 1 is 1.14 bits per heavy atom. The second-order valence-corrected chi connectivity index (χ2v) is 8.09. The number of amides is 1. The van der Waals surface area contributed by atoms with Gasteiger partial charge in [0.2, 0.25) is 5.88 Å². The van der Waals surface area contributed by atoms with Crippen molar-refractivity contribution in [3.8, 4) is 11.6 Å². The lowest BCUT2D eigenvalue weighted by molar-refractivity contribution is 0.0746. The molecule has 1 atom stereocenters. The van der Waals surface area contributed by atoms with Crippen LogP contribution in [0.2, 0.25) is 0 Å². The second-order valence-electron chi connectivity index (χ2n) is 6.94. The van der Waals surface area contributed by atoms with Crippen molar-refractivity contribution >= 4 is 23.4 Å². The number of thioether (sulfide) groups is 1. The number of para-hydroxylation sites is 2. The first kappa shape index (κ1) is 18.9. The molecule has 0 aliphatic carbocycles. The van der Waals surface area contributed by atoms with Crippen molar-refractivity contribution in [1.82, 2.24) is 9.88 Å². The molecule has 3 heterocycles. The SMILES string of the molecule is COc1ccccc1N1CCN(C(=O)c2ccc(OC3CCSC3)nc2)CC1. The Balaban J connectivity index is 1.34. The Kier molecular flexibility index (Phi) is 5.90. The van der Waals surface area contributed by atoms with E-state index in [1.54, 1.807) is 19.4 Å². The zero-order valence-corrected chi connectivity index (χ0v) is 16.9. The zero-order chi connectivity index (χ0) is 19.3. The lowest BCUT2D eigenvalue weighted by Gasteiger charge is -2.36. The van der Waals surface area contributed by atoms with Crippen LogP contribution in [0.1, 0.15) is 16.8 Å². The summed E-state index contributed by atoms with van der Waals surface area (Å²) in [5, 5.41) is 0. The number of methoxy groups -OCH3 is 1. The molecule has 7 heteroatoms. The van der Waals surface area contributed by atoms with E-state index >= 15 is 0 Å². The minimum Gasteiger partial charge on any atom is -0.495 e. The summed E-state index contributed by atoms with van der Waals surface area (Å²) in [4.78, 5) is 21.3. The van der Waals surface area contributed by atoms with Crippen molar-refractivity contribution in [2.75, 3.05) is 49.7 Å². The van der Waals surface area contributed by atoms with Gasteiger partial charge in [0.1, 0.15) is 11.9 Å². The molecule has 2 aliphatic heterocycles. The molecule has 2 fully saturated rings. The topological polar surface area (TPSA) is 54.9 Å². The highest BCUT2D eigenvalue weighted by atomic mass is 32.2. The van der Waals surface area contributed by atoms with Crippen LogP contribution < -0.4 is 14.4 Å². The summed E-state index contributed by atoms with van der Waals surface area (Å²) in [5.41, 5.74) is 1.68. The van der Waals surface area contributed by atoms with Gasteiger partial charge in [0.25, 0.3) is 5.91 Å². The summed E-state index contributed by atoms with van der Waals surface area (Å²) in [7, 11) is 1.69. The van der Waals surface area contributed by atoms with E-state index in [0.717, 1.165) is 42.5 Å². The molecule has 0 bridgehead atoms. The highest BCUT2D eigenvalue weighted by Gasteiger charge is 2.24. The number of carbonyl (C=O) groups is 1. The number of benzene rings is 1. The van der Waals surface area contributed by atoms with E-state index in [9.17, 15) is 4.79 Å². The molecule has 1 unspecified atom stereocenters. The van der Waals surface area contributed by atoms with Crippen LogP contribution >= 0.6 is 11.8 Å². The number of piperazine rings is 1. The highest BCUT2D eigenvalue weighted by Crippen LogP contribution is 2.28. The van der Waals surface area contributed by atoms with Crippen molar-refractivity contribution in [3.63, 3.8) is 0 Å². The molecular weight excluding hydrogens is 374 g/mol. The molecule has 148 valence electrons. The molecule has 28 heavy (non-hydrogen) atoms. The van der Waals surface area contributed by atoms with Gasteiger partial charge in [0.15, 0.2) is 0 Å². The molecule has 0 spiro atoms. The number of anilines is 1. The van der Waals surface area contributed by atoms with Crippen molar-refractivity contribution in [2.24, 2.45) is 0 Å². The standard InChI is InChI=1S/C21H25N3O3S/c1-26-19-5-3-2-4-18(19)23-9-11-24(12-10-23)21(25)16-6-7-20(22-14-16)27-17-8-13-28-15-17/h2-7,14,17H,8-13,15H2,1H3. The Morgan fingerprint density at radius 2 is 1.96 bits per heavy atom. The van der Waals surface area contributed by atoms with E-state index in [0.29, 0.717) is 24.5 Å². The Labute approximate surface area is 169 Å². The minimum absolute atomic E-state index is 0.0233. The molecular formula is C21H25N3O3S. The summed E-state index contributed by atoms with van der Waals surface area (Å²) in [6.45, 7) is 2.91. The largest absolute Gasteiger partial charge is 0.495 e. The van der Waals surface area contributed by atoms with Crippen LogP contribution in [0.3, 0.4) is 0 Å². The lowest BCUT2D eigenvalue weighted by atomic mass is 10.2. The molecule has 0 N–H and O–H groups in total. The Morgan fingerprint density at radius 3 is 2.64 bits per heavy atom. The maximum atomic E-state index is 12.8. The van der Waals surface area contributed by atoms with E-state index < -0.39 is 0 Å². The molecule has 2 aromatic rings. The average molecular weight is 400 g/mol. The van der Waals surface area contributed by atoms with E-state index in [1.807, 2.05) is 40.9 Å². The number of hydrogen-bond donors (Lipinski definition) is 0. The number of ether oxygens (including phenoxy) is 2. The molecule has 0 radical (unpaired) electrons. The first-order valence-electron chi connectivity index (χ1n) is 9.62. The fourth-order valence-corrected chi connectivity index (χ4v) is 4.67. The van der Waals surface area contributed by atoms with E-state index in [4.69, 9.17) is 9.47 Å². The second kappa shape index (κ2) is 8.73. The van der Waals surface area contributed by atoms with Gasteiger partial charge in [-0.15, -0.1) is 0 Å². The monoisotopic (exact) mass is 399 g/mol. The van der Waals surface area contributed by atoms with Crippen molar-refractivity contribution in [3.05, 3.63) is 48.2 Å². The van der Waals surface area contributed by atoms with Crippen LogP contribution in [0, 0.1) is 0 Å². The fraction of sp³-hybridized carbons (Fsp3) is 0.429. The maximum absolute atomic E-state index is 12.8. The van der Waals surface area contributed by atoms with Gasteiger partial charge in [-0.2, -0.15) is 11.8 Å². The normalized spacial score (nSPS) is 19.5. The summed E-state index contributed by atoms with van der Waals surface area (Å²) in [5.74, 6) is 3.64. The smallest absolute Gasteiger partial charge is 0.255 e. The summed E-state index contributed by atoms with van der Waals surface area (Å²) < 4.78 is 11.3. The number of aromatic nitrogens is 1. The molecule has 0 saturated carbocycles. The highest BCUT2D eigenvalue weighted by molar-refractivity contribution is 7.99. The van der Waals surface area contributed by atoms with Crippen LogP contribution in [0.15, 0.2) is 42.6 Å². The molecule has 2 saturated heterocycles. The predicted octanol–water partition coefficient (Wildman–Crippen LogP) is 2.94. The third-order valence-corrected chi connectivity index (χ3v) is 6.28. The first-order chi connectivity index (χ1) is 13.7. The molecule has 2 aliphatic rings. The summed E-state index contributed by atoms with van der Waals surface area (Å²) >= 11 is 1.90. The van der Waals surface area contributed by atoms with Crippen molar-refractivity contribution < 1.29 is 14.3 Å². The maximum Gasteiger partial charge on any atom is 0.255 e. The number of hydrogen-bond acceptors (Lipinski definition) is 6. The number of pyridine rings is 1. The zero-order valence-electron chi connectivity index (χ0n) is 16.0. The van der Waals surface area contributed by atoms with Gasteiger partial charge in [-0.05, 0) is 30.4 Å². The fourth-order valence-electron chi connectivity index (χ4n) is 3.58. The molecule has 1 aromatic carbocycles. The number of rotatable bonds is 5. The van der Waals surface area contributed by atoms with Gasteiger partial charge in [-0.1, -0.05) is 12.1 Å². The Hall–Kier alpha value is -2.41. The van der Waals surface area contributed by atoms with Crippen LogP contribution in [-0.2, 0) is 0 Å². The van der Waals surface area contributed by atoms with E-state index in [2.05, 4.69) is 16.0 Å². The Bertz CT molecular complexity index is 801. The van der Waals surface area contributed by atoms with Crippen LogP contribution in [0.25, 0.3) is 0 Å². The molecule has 1 aromatic heterocycles. The van der Waals surface area contributed by atoms with Crippen LogP contribution in [-0.4, -0.2) is 66.7 Å². The van der Waals surface area contributed by atoms with Gasteiger partial charge < -0.3 is 19.3 Å². The molecule has 4 rings (SSSR count). The minimum atomic E-state index is 0.0233. The molecule has 6 nitrogen and oxygen atoms in total. The number of carbonyl (C=O) groups excluding carboxylic acids is 1. The van der Waals surface area contributed by atoms with Gasteiger partial charge in [0.05, 0.1) is 18.4 Å². The van der Waals surface area contributed by atoms with Crippen LogP contribution in [0.5, 0.6) is 11.6 Å².